The molecule has 0 radical (unpaired) electrons. The molecule has 0 fully saturated rings. The number of rotatable bonds is 5. The number of benzene rings is 2. The van der Waals surface area contributed by atoms with E-state index in [2.05, 4.69) is 30.7 Å². The molecule has 0 saturated carbocycles. The van der Waals surface area contributed by atoms with Gasteiger partial charge in [0.25, 0.3) is 0 Å². The van der Waals surface area contributed by atoms with Crippen LogP contribution in [0.25, 0.3) is 5.57 Å². The molecule has 0 aliphatic carbocycles. The van der Waals surface area contributed by atoms with Crippen LogP contribution in [-0.4, -0.2) is 13.3 Å². The van der Waals surface area contributed by atoms with Gasteiger partial charge in [-0.25, -0.2) is 0 Å². The molecule has 0 aliphatic rings. The van der Waals surface area contributed by atoms with Crippen LogP contribution in [0.5, 0.6) is 0 Å². The van der Waals surface area contributed by atoms with Crippen LogP contribution >= 0.6 is 0 Å². The van der Waals surface area contributed by atoms with Crippen molar-refractivity contribution in [1.29, 1.82) is 0 Å². The predicted octanol–water partition coefficient (Wildman–Crippen LogP) is 4.69. The van der Waals surface area contributed by atoms with E-state index in [4.69, 9.17) is 0 Å². The topological polar surface area (TPSA) is 15.6 Å². The van der Waals surface area contributed by atoms with E-state index in [-0.39, 0.29) is 0 Å². The molecule has 0 aromatic heterocycles. The standard InChI is InChI=1S/C19H20N2/c1-4-10-17(19-14-9-8-11-16(19)2)15-20-21(3)18-12-6-5-7-13-18/h4-15H,1H2,2-3H3/b17-10-,20-15+. The third-order valence-electron chi connectivity index (χ3n) is 3.25. The zero-order chi connectivity index (χ0) is 15.1. The van der Waals surface area contributed by atoms with Gasteiger partial charge in [0.1, 0.15) is 0 Å². The highest BCUT2D eigenvalue weighted by Gasteiger charge is 2.02. The van der Waals surface area contributed by atoms with Gasteiger partial charge in [-0.05, 0) is 30.2 Å². The molecule has 0 amide bonds. The molecule has 0 unspecified atom stereocenters. The average Bonchev–Trinajstić information content (AvgIpc) is 2.53. The summed E-state index contributed by atoms with van der Waals surface area (Å²) in [5.41, 5.74) is 4.49. The van der Waals surface area contributed by atoms with Crippen molar-refractivity contribution in [3.05, 3.63) is 84.5 Å². The summed E-state index contributed by atoms with van der Waals surface area (Å²) in [6, 6.07) is 18.3. The fourth-order valence-electron chi connectivity index (χ4n) is 2.09. The summed E-state index contributed by atoms with van der Waals surface area (Å²) in [6.07, 6.45) is 5.64. The van der Waals surface area contributed by atoms with Crippen molar-refractivity contribution in [1.82, 2.24) is 0 Å². The Kier molecular flexibility index (Phi) is 5.10. The summed E-state index contributed by atoms with van der Waals surface area (Å²) in [4.78, 5) is 0. The van der Waals surface area contributed by atoms with Gasteiger partial charge in [-0.2, -0.15) is 5.10 Å². The van der Waals surface area contributed by atoms with Crippen LogP contribution in [-0.2, 0) is 0 Å². The van der Waals surface area contributed by atoms with Crippen LogP contribution < -0.4 is 5.01 Å². The first kappa shape index (κ1) is 14.8. The van der Waals surface area contributed by atoms with Crippen LogP contribution in [0.15, 0.2) is 78.4 Å². The van der Waals surface area contributed by atoms with E-state index < -0.39 is 0 Å². The molecule has 0 bridgehead atoms. The van der Waals surface area contributed by atoms with E-state index in [9.17, 15) is 0 Å². The highest BCUT2D eigenvalue weighted by atomic mass is 15.4. The second-order valence-corrected chi connectivity index (χ2v) is 4.78. The second kappa shape index (κ2) is 7.25. The number of hydrogen-bond acceptors (Lipinski definition) is 2. The van der Waals surface area contributed by atoms with Crippen molar-refractivity contribution in [2.75, 3.05) is 12.1 Å². The Bertz CT molecular complexity index is 654. The third kappa shape index (κ3) is 3.93. The lowest BCUT2D eigenvalue weighted by Gasteiger charge is -2.13. The molecule has 2 aromatic carbocycles. The molecule has 2 nitrogen and oxygen atoms in total. The maximum absolute atomic E-state index is 4.52. The Balaban J connectivity index is 2.25. The second-order valence-electron chi connectivity index (χ2n) is 4.78. The zero-order valence-electron chi connectivity index (χ0n) is 12.5. The van der Waals surface area contributed by atoms with Gasteiger partial charge in [-0.1, -0.05) is 61.2 Å². The fourth-order valence-corrected chi connectivity index (χ4v) is 2.09. The molecular formula is C19H20N2. The summed E-state index contributed by atoms with van der Waals surface area (Å²) in [6.45, 7) is 5.89. The van der Waals surface area contributed by atoms with E-state index >= 15 is 0 Å². The first-order valence-electron chi connectivity index (χ1n) is 6.94. The van der Waals surface area contributed by atoms with E-state index in [1.165, 1.54) is 11.1 Å². The minimum Gasteiger partial charge on any atom is -0.269 e. The molecule has 0 saturated heterocycles. The molecule has 2 heteroatoms. The van der Waals surface area contributed by atoms with Crippen LogP contribution in [0.1, 0.15) is 11.1 Å². The van der Waals surface area contributed by atoms with E-state index in [1.807, 2.05) is 66.8 Å². The number of nitrogens with zero attached hydrogens (tertiary/aromatic N) is 2. The first-order valence-corrected chi connectivity index (χ1v) is 6.94. The summed E-state index contributed by atoms with van der Waals surface area (Å²) in [5.74, 6) is 0. The number of hydrogen-bond donors (Lipinski definition) is 0. The molecule has 2 rings (SSSR count). The summed E-state index contributed by atoms with van der Waals surface area (Å²) in [7, 11) is 1.94. The minimum atomic E-state index is 1.05. The van der Waals surface area contributed by atoms with Crippen LogP contribution in [0.2, 0.25) is 0 Å². The van der Waals surface area contributed by atoms with E-state index in [0.717, 1.165) is 11.3 Å². The average molecular weight is 276 g/mol. The van der Waals surface area contributed by atoms with Gasteiger partial charge < -0.3 is 0 Å². The summed E-state index contributed by atoms with van der Waals surface area (Å²) < 4.78 is 0. The van der Waals surface area contributed by atoms with Gasteiger partial charge in [0, 0.05) is 12.6 Å². The molecule has 0 aliphatic heterocycles. The number of anilines is 1. The SMILES string of the molecule is C=C/C=C(/C=N/N(C)c1ccccc1)c1ccccc1C. The summed E-state index contributed by atoms with van der Waals surface area (Å²) >= 11 is 0. The normalized spacial score (nSPS) is 11.6. The van der Waals surface area contributed by atoms with Crippen LogP contribution in [0.3, 0.4) is 0 Å². The Morgan fingerprint density at radius 3 is 2.38 bits per heavy atom. The first-order chi connectivity index (χ1) is 10.2. The highest BCUT2D eigenvalue weighted by Crippen LogP contribution is 2.18. The predicted molar refractivity (Wildman–Crippen MR) is 92.7 cm³/mol. The minimum absolute atomic E-state index is 1.05. The lowest BCUT2D eigenvalue weighted by molar-refractivity contribution is 1.03. The van der Waals surface area contributed by atoms with Crippen LogP contribution in [0, 0.1) is 6.92 Å². The van der Waals surface area contributed by atoms with Crippen molar-refractivity contribution < 1.29 is 0 Å². The molecule has 0 N–H and O–H groups in total. The van der Waals surface area contributed by atoms with Crippen molar-refractivity contribution in [2.45, 2.75) is 6.92 Å². The van der Waals surface area contributed by atoms with Crippen molar-refractivity contribution >= 4 is 17.5 Å². The Hall–Kier alpha value is -2.61. The highest BCUT2D eigenvalue weighted by molar-refractivity contribution is 6.11. The lowest BCUT2D eigenvalue weighted by atomic mass is 10.0. The van der Waals surface area contributed by atoms with Crippen molar-refractivity contribution in [3.8, 4) is 0 Å². The molecule has 106 valence electrons. The maximum Gasteiger partial charge on any atom is 0.0590 e. The van der Waals surface area contributed by atoms with Gasteiger partial charge in [-0.3, -0.25) is 5.01 Å². The largest absolute Gasteiger partial charge is 0.269 e. The molecule has 0 spiro atoms. The van der Waals surface area contributed by atoms with Gasteiger partial charge in [0.15, 0.2) is 0 Å². The third-order valence-corrected chi connectivity index (χ3v) is 3.25. The van der Waals surface area contributed by atoms with Crippen molar-refractivity contribution in [3.63, 3.8) is 0 Å². The summed E-state index contributed by atoms with van der Waals surface area (Å²) in [5, 5.41) is 6.38. The van der Waals surface area contributed by atoms with Gasteiger partial charge >= 0.3 is 0 Å². The van der Waals surface area contributed by atoms with Gasteiger partial charge in [-0.15, -0.1) is 0 Å². The van der Waals surface area contributed by atoms with Gasteiger partial charge in [0.2, 0.25) is 0 Å². The monoisotopic (exact) mass is 276 g/mol. The lowest BCUT2D eigenvalue weighted by Crippen LogP contribution is -2.08. The maximum atomic E-state index is 4.52. The molecule has 0 heterocycles. The Morgan fingerprint density at radius 1 is 1.05 bits per heavy atom. The van der Waals surface area contributed by atoms with Crippen molar-refractivity contribution in [2.24, 2.45) is 5.10 Å². The number of aryl methyl sites for hydroxylation is 1. The smallest absolute Gasteiger partial charge is 0.0590 e. The molecule has 2 aromatic rings. The fraction of sp³-hybridized carbons (Fsp3) is 0.105. The molecular weight excluding hydrogens is 256 g/mol. The number of hydrazone groups is 1. The van der Waals surface area contributed by atoms with E-state index in [0.29, 0.717) is 0 Å². The quantitative estimate of drug-likeness (QED) is 0.439. The van der Waals surface area contributed by atoms with Gasteiger partial charge in [0.05, 0.1) is 11.9 Å². The Labute approximate surface area is 126 Å². The van der Waals surface area contributed by atoms with Crippen LogP contribution in [0.4, 0.5) is 5.69 Å². The van der Waals surface area contributed by atoms with E-state index in [1.54, 1.807) is 6.08 Å². The zero-order valence-corrected chi connectivity index (χ0v) is 12.5. The Morgan fingerprint density at radius 2 is 1.71 bits per heavy atom. The number of allylic oxidation sites excluding steroid dienone is 3. The number of para-hydroxylation sites is 1. The molecule has 21 heavy (non-hydrogen) atoms. The molecule has 0 atom stereocenters.